The maximum atomic E-state index is 11.9. The van der Waals surface area contributed by atoms with Crippen LogP contribution in [0, 0.1) is 11.8 Å². The van der Waals surface area contributed by atoms with Crippen LogP contribution in [0.4, 0.5) is 0 Å². The summed E-state index contributed by atoms with van der Waals surface area (Å²) >= 11 is 0. The number of carboxylic acids is 1. The number of pyridine rings is 1. The molecule has 6 nitrogen and oxygen atoms in total. The third kappa shape index (κ3) is 2.65. The van der Waals surface area contributed by atoms with E-state index in [2.05, 4.69) is 10.3 Å². The highest BCUT2D eigenvalue weighted by Crippen LogP contribution is 2.38. The van der Waals surface area contributed by atoms with Gasteiger partial charge in [0, 0.05) is 23.5 Å². The number of hydrogen-bond donors (Lipinski definition) is 3. The van der Waals surface area contributed by atoms with Crippen molar-refractivity contribution in [3.8, 4) is 0 Å². The van der Waals surface area contributed by atoms with Crippen LogP contribution in [0.3, 0.4) is 0 Å². The molecule has 2 aromatic rings. The Hall–Kier alpha value is -2.63. The van der Waals surface area contributed by atoms with Crippen molar-refractivity contribution < 1.29 is 14.7 Å². The Labute approximate surface area is 119 Å². The molecule has 1 aliphatic rings. The molecule has 0 aliphatic heterocycles. The van der Waals surface area contributed by atoms with Crippen molar-refractivity contribution in [2.75, 3.05) is 0 Å². The minimum atomic E-state index is -0.934. The zero-order valence-corrected chi connectivity index (χ0v) is 11.1. The first-order valence-corrected chi connectivity index (χ1v) is 6.67. The molecule has 6 heteroatoms. The van der Waals surface area contributed by atoms with Gasteiger partial charge in [0.05, 0.1) is 11.8 Å². The number of carbonyl (C=O) groups excluding carboxylic acids is 1. The average Bonchev–Trinajstić information content (AvgIpc) is 3.25. The van der Waals surface area contributed by atoms with Gasteiger partial charge in [-0.1, -0.05) is 18.2 Å². The smallest absolute Gasteiger partial charge is 0.307 e. The van der Waals surface area contributed by atoms with Gasteiger partial charge in [0.1, 0.15) is 0 Å². The summed E-state index contributed by atoms with van der Waals surface area (Å²) in [5.74, 6) is -2.22. The zero-order valence-electron chi connectivity index (χ0n) is 11.1. The lowest BCUT2D eigenvalue weighted by molar-refractivity contribution is -0.140. The fourth-order valence-corrected chi connectivity index (χ4v) is 2.49. The maximum absolute atomic E-state index is 11.9. The van der Waals surface area contributed by atoms with Crippen molar-refractivity contribution in [1.29, 1.82) is 0 Å². The molecule has 0 bridgehead atoms. The molecular formula is C15H14N2O4. The number of aliphatic carboxylic acids is 1. The fraction of sp³-hybridized carbons (Fsp3) is 0.267. The summed E-state index contributed by atoms with van der Waals surface area (Å²) in [4.78, 5) is 36.9. The molecule has 1 amide bonds. The minimum Gasteiger partial charge on any atom is -0.481 e. The largest absolute Gasteiger partial charge is 0.481 e. The highest BCUT2D eigenvalue weighted by atomic mass is 16.4. The van der Waals surface area contributed by atoms with Gasteiger partial charge in [-0.3, -0.25) is 14.4 Å². The van der Waals surface area contributed by atoms with E-state index in [4.69, 9.17) is 5.11 Å². The van der Waals surface area contributed by atoms with E-state index in [1.807, 2.05) is 18.2 Å². The quantitative estimate of drug-likeness (QED) is 0.776. The zero-order chi connectivity index (χ0) is 15.0. The van der Waals surface area contributed by atoms with Crippen molar-refractivity contribution in [2.45, 2.75) is 13.0 Å². The molecule has 0 spiro atoms. The minimum absolute atomic E-state index is 0.214. The van der Waals surface area contributed by atoms with Crippen LogP contribution in [0.25, 0.3) is 10.9 Å². The number of H-pyrrole nitrogens is 1. The molecular weight excluding hydrogens is 272 g/mol. The number of carbonyl (C=O) groups is 2. The number of hydrogen-bond acceptors (Lipinski definition) is 3. The van der Waals surface area contributed by atoms with Gasteiger partial charge in [0.15, 0.2) is 0 Å². The summed E-state index contributed by atoms with van der Waals surface area (Å²) in [5, 5.41) is 12.4. The van der Waals surface area contributed by atoms with E-state index in [-0.39, 0.29) is 18.0 Å². The third-order valence-corrected chi connectivity index (χ3v) is 3.73. The topological polar surface area (TPSA) is 99.3 Å². The summed E-state index contributed by atoms with van der Waals surface area (Å²) in [7, 11) is 0. The molecule has 1 aromatic heterocycles. The van der Waals surface area contributed by atoms with Crippen molar-refractivity contribution in [3.63, 3.8) is 0 Å². The molecule has 21 heavy (non-hydrogen) atoms. The number of carboxylic acid groups (broad SMARTS) is 1. The summed E-state index contributed by atoms with van der Waals surface area (Å²) < 4.78 is 0. The summed E-state index contributed by atoms with van der Waals surface area (Å²) in [6.45, 7) is 0.214. The summed E-state index contributed by atoms with van der Waals surface area (Å²) in [5.41, 5.74) is 1.20. The van der Waals surface area contributed by atoms with Crippen LogP contribution in [-0.4, -0.2) is 22.0 Å². The van der Waals surface area contributed by atoms with Crippen LogP contribution in [0.15, 0.2) is 35.1 Å². The molecule has 0 unspecified atom stereocenters. The van der Waals surface area contributed by atoms with E-state index in [9.17, 15) is 14.4 Å². The Kier molecular flexibility index (Phi) is 3.21. The van der Waals surface area contributed by atoms with E-state index in [0.717, 1.165) is 10.9 Å². The van der Waals surface area contributed by atoms with E-state index in [1.165, 1.54) is 6.07 Å². The van der Waals surface area contributed by atoms with Crippen molar-refractivity contribution in [3.05, 3.63) is 46.2 Å². The first-order chi connectivity index (χ1) is 10.1. The van der Waals surface area contributed by atoms with Gasteiger partial charge in [-0.05, 0) is 18.1 Å². The van der Waals surface area contributed by atoms with Crippen LogP contribution in [0.1, 0.15) is 12.0 Å². The van der Waals surface area contributed by atoms with Gasteiger partial charge in [0.2, 0.25) is 11.5 Å². The molecule has 1 aromatic carbocycles. The number of rotatable bonds is 4. The first kappa shape index (κ1) is 13.4. The lowest BCUT2D eigenvalue weighted by Crippen LogP contribution is -2.26. The Morgan fingerprint density at radius 3 is 2.76 bits per heavy atom. The fourth-order valence-electron chi connectivity index (χ4n) is 2.49. The number of amides is 1. The molecule has 1 heterocycles. The summed E-state index contributed by atoms with van der Waals surface area (Å²) in [6, 6.07) is 8.78. The van der Waals surface area contributed by atoms with Crippen LogP contribution in [0.2, 0.25) is 0 Å². The average molecular weight is 286 g/mol. The molecule has 2 atom stereocenters. The van der Waals surface area contributed by atoms with E-state index >= 15 is 0 Å². The second kappa shape index (κ2) is 5.05. The lowest BCUT2D eigenvalue weighted by Gasteiger charge is -2.07. The van der Waals surface area contributed by atoms with Crippen LogP contribution >= 0.6 is 0 Å². The predicted molar refractivity (Wildman–Crippen MR) is 75.6 cm³/mol. The SMILES string of the molecule is O=C(NCc1cc(=O)[nH]c2ccccc12)[C@H]1C[C@H]1C(=O)O. The van der Waals surface area contributed by atoms with Gasteiger partial charge in [-0.25, -0.2) is 0 Å². The Bertz CT molecular complexity index is 781. The number of aromatic nitrogens is 1. The van der Waals surface area contributed by atoms with Crippen molar-refractivity contribution >= 4 is 22.8 Å². The summed E-state index contributed by atoms with van der Waals surface area (Å²) in [6.07, 6.45) is 0.386. The second-order valence-electron chi connectivity index (χ2n) is 5.21. The van der Waals surface area contributed by atoms with Crippen molar-refractivity contribution in [1.82, 2.24) is 10.3 Å². The third-order valence-electron chi connectivity index (χ3n) is 3.73. The number of para-hydroxylation sites is 1. The lowest BCUT2D eigenvalue weighted by atomic mass is 10.1. The molecule has 0 radical (unpaired) electrons. The van der Waals surface area contributed by atoms with E-state index in [1.54, 1.807) is 6.07 Å². The Balaban J connectivity index is 1.75. The van der Waals surface area contributed by atoms with Gasteiger partial charge in [-0.15, -0.1) is 0 Å². The van der Waals surface area contributed by atoms with Crippen LogP contribution in [-0.2, 0) is 16.1 Å². The predicted octanol–water partition coefficient (Wildman–Crippen LogP) is 0.865. The molecule has 0 saturated heterocycles. The molecule has 1 aliphatic carbocycles. The number of fused-ring (bicyclic) bond motifs is 1. The monoisotopic (exact) mass is 286 g/mol. The first-order valence-electron chi connectivity index (χ1n) is 6.67. The van der Waals surface area contributed by atoms with E-state index < -0.39 is 17.8 Å². The molecule has 108 valence electrons. The molecule has 1 fully saturated rings. The standard InChI is InChI=1S/C15H14N2O4/c18-13-5-8(9-3-1-2-4-12(9)17-13)7-16-14(19)10-6-11(10)15(20)21/h1-5,10-11H,6-7H2,(H,16,19)(H,17,18)(H,20,21)/t10-,11+/m0/s1. The van der Waals surface area contributed by atoms with E-state index in [0.29, 0.717) is 11.9 Å². The highest BCUT2D eigenvalue weighted by Gasteiger charge is 2.48. The highest BCUT2D eigenvalue weighted by molar-refractivity contribution is 5.90. The molecule has 3 rings (SSSR count). The normalized spacial score (nSPS) is 20.2. The number of benzene rings is 1. The molecule has 3 N–H and O–H groups in total. The van der Waals surface area contributed by atoms with Gasteiger partial charge >= 0.3 is 5.97 Å². The number of aromatic amines is 1. The maximum Gasteiger partial charge on any atom is 0.307 e. The Morgan fingerprint density at radius 1 is 1.29 bits per heavy atom. The van der Waals surface area contributed by atoms with Gasteiger partial charge in [0.25, 0.3) is 0 Å². The molecule has 1 saturated carbocycles. The van der Waals surface area contributed by atoms with Gasteiger partial charge < -0.3 is 15.4 Å². The number of nitrogens with one attached hydrogen (secondary N) is 2. The van der Waals surface area contributed by atoms with Crippen molar-refractivity contribution in [2.24, 2.45) is 11.8 Å². The second-order valence-corrected chi connectivity index (χ2v) is 5.21. The van der Waals surface area contributed by atoms with Crippen LogP contribution < -0.4 is 10.9 Å². The Morgan fingerprint density at radius 2 is 2.05 bits per heavy atom. The van der Waals surface area contributed by atoms with Gasteiger partial charge in [-0.2, -0.15) is 0 Å². The van der Waals surface area contributed by atoms with Crippen LogP contribution in [0.5, 0.6) is 0 Å².